The lowest BCUT2D eigenvalue weighted by Gasteiger charge is -2.32. The fraction of sp³-hybridized carbons (Fsp3) is 0.250. The van der Waals surface area contributed by atoms with Crippen molar-refractivity contribution >= 4 is 34.9 Å². The van der Waals surface area contributed by atoms with E-state index in [9.17, 15) is 14.4 Å². The van der Waals surface area contributed by atoms with E-state index in [1.54, 1.807) is 31.2 Å². The monoisotopic (exact) mass is 386 g/mol. The number of anilines is 1. The second-order valence-corrected chi connectivity index (χ2v) is 6.70. The van der Waals surface area contributed by atoms with Crippen LogP contribution < -0.4 is 15.0 Å². The summed E-state index contributed by atoms with van der Waals surface area (Å²) in [7, 11) is 0. The summed E-state index contributed by atoms with van der Waals surface area (Å²) < 4.78 is 5.58. The van der Waals surface area contributed by atoms with E-state index in [-0.39, 0.29) is 30.7 Å². The molecule has 1 aliphatic rings. The van der Waals surface area contributed by atoms with Crippen molar-refractivity contribution in [2.45, 2.75) is 26.5 Å². The first-order chi connectivity index (χ1) is 12.9. The Balaban J connectivity index is 1.78. The Hall–Kier alpha value is -2.86. The van der Waals surface area contributed by atoms with Crippen LogP contribution in [0.5, 0.6) is 5.75 Å². The lowest BCUT2D eigenvalue weighted by molar-refractivity contribution is -0.128. The van der Waals surface area contributed by atoms with E-state index < -0.39 is 6.10 Å². The van der Waals surface area contributed by atoms with Gasteiger partial charge in [-0.2, -0.15) is 0 Å². The molecule has 0 saturated carbocycles. The summed E-state index contributed by atoms with van der Waals surface area (Å²) in [5.74, 6) is -0.342. The largest absolute Gasteiger partial charge is 0.479 e. The van der Waals surface area contributed by atoms with Crippen molar-refractivity contribution in [1.82, 2.24) is 5.32 Å². The van der Waals surface area contributed by atoms with Gasteiger partial charge in [0.1, 0.15) is 12.3 Å². The number of ketones is 1. The number of carbonyl (C=O) groups excluding carboxylic acids is 3. The number of halogens is 1. The van der Waals surface area contributed by atoms with Crippen LogP contribution in [0.25, 0.3) is 0 Å². The zero-order chi connectivity index (χ0) is 19.6. The molecule has 1 heterocycles. The van der Waals surface area contributed by atoms with Gasteiger partial charge in [0.15, 0.2) is 11.9 Å². The Morgan fingerprint density at radius 2 is 1.96 bits per heavy atom. The predicted octanol–water partition coefficient (Wildman–Crippen LogP) is 2.97. The van der Waals surface area contributed by atoms with Crippen LogP contribution in [-0.2, 0) is 16.1 Å². The summed E-state index contributed by atoms with van der Waals surface area (Å²) in [6, 6.07) is 12.1. The lowest BCUT2D eigenvalue weighted by Crippen LogP contribution is -2.48. The number of Topliss-reactive ketones (excluding diaryl/α,β-unsaturated/α-hetero) is 1. The first-order valence-electron chi connectivity index (χ1n) is 8.50. The molecule has 0 bridgehead atoms. The number of nitrogens with zero attached hydrogens (tertiary/aromatic N) is 1. The van der Waals surface area contributed by atoms with Crippen LogP contribution in [0.4, 0.5) is 5.69 Å². The number of amides is 2. The molecule has 2 amide bonds. The van der Waals surface area contributed by atoms with Crippen molar-refractivity contribution in [3.63, 3.8) is 0 Å². The normalized spacial score (nSPS) is 15.7. The fourth-order valence-electron chi connectivity index (χ4n) is 2.82. The van der Waals surface area contributed by atoms with Gasteiger partial charge in [-0.05, 0) is 43.7 Å². The maximum absolute atomic E-state index is 12.5. The highest BCUT2D eigenvalue weighted by Crippen LogP contribution is 2.34. The van der Waals surface area contributed by atoms with Crippen LogP contribution in [0.2, 0.25) is 5.02 Å². The molecular formula is C20H19ClN2O4. The number of carbonyl (C=O) groups is 3. The van der Waals surface area contributed by atoms with Gasteiger partial charge in [0.05, 0.1) is 5.69 Å². The average molecular weight is 387 g/mol. The molecule has 7 heteroatoms. The SMILES string of the molecule is CC(=O)c1ccc2c(c1)N(CC(=O)NCc1ccccc1Cl)C(=O)C(C)O2. The number of benzene rings is 2. The van der Waals surface area contributed by atoms with Crippen molar-refractivity contribution in [3.8, 4) is 5.75 Å². The highest BCUT2D eigenvalue weighted by atomic mass is 35.5. The van der Waals surface area contributed by atoms with E-state index in [2.05, 4.69) is 5.32 Å². The first kappa shape index (κ1) is 18.9. The standard InChI is InChI=1S/C20H19ClN2O4/c1-12(24)14-7-8-18-17(9-14)23(20(26)13(2)27-18)11-19(25)22-10-15-5-3-4-6-16(15)21/h3-9,13H,10-11H2,1-2H3,(H,22,25). The van der Waals surface area contributed by atoms with E-state index in [4.69, 9.17) is 16.3 Å². The minimum atomic E-state index is -0.711. The van der Waals surface area contributed by atoms with E-state index in [0.29, 0.717) is 22.0 Å². The topological polar surface area (TPSA) is 75.7 Å². The van der Waals surface area contributed by atoms with Crippen molar-refractivity contribution in [2.75, 3.05) is 11.4 Å². The summed E-state index contributed by atoms with van der Waals surface area (Å²) >= 11 is 6.09. The van der Waals surface area contributed by atoms with Crippen molar-refractivity contribution in [2.24, 2.45) is 0 Å². The number of hydrogen-bond donors (Lipinski definition) is 1. The number of nitrogens with one attached hydrogen (secondary N) is 1. The van der Waals surface area contributed by atoms with E-state index in [1.165, 1.54) is 11.8 Å². The molecule has 1 atom stereocenters. The molecular weight excluding hydrogens is 368 g/mol. The zero-order valence-corrected chi connectivity index (χ0v) is 15.7. The first-order valence-corrected chi connectivity index (χ1v) is 8.87. The molecule has 0 aromatic heterocycles. The molecule has 27 heavy (non-hydrogen) atoms. The van der Waals surface area contributed by atoms with E-state index in [1.807, 2.05) is 18.2 Å². The molecule has 140 valence electrons. The summed E-state index contributed by atoms with van der Waals surface area (Å²) in [5, 5.41) is 3.33. The van der Waals surface area contributed by atoms with Gasteiger partial charge in [-0.15, -0.1) is 0 Å². The highest BCUT2D eigenvalue weighted by molar-refractivity contribution is 6.31. The number of ether oxygens (including phenoxy) is 1. The van der Waals surface area contributed by atoms with Gasteiger partial charge in [0, 0.05) is 17.1 Å². The Morgan fingerprint density at radius 3 is 2.67 bits per heavy atom. The van der Waals surface area contributed by atoms with Crippen molar-refractivity contribution in [3.05, 3.63) is 58.6 Å². The van der Waals surface area contributed by atoms with Crippen molar-refractivity contribution < 1.29 is 19.1 Å². The van der Waals surface area contributed by atoms with Crippen LogP contribution in [0.3, 0.4) is 0 Å². The molecule has 2 aromatic rings. The van der Waals surface area contributed by atoms with Gasteiger partial charge in [-0.3, -0.25) is 19.3 Å². The van der Waals surface area contributed by atoms with E-state index >= 15 is 0 Å². The maximum atomic E-state index is 12.5. The van der Waals surface area contributed by atoms with Gasteiger partial charge in [-0.25, -0.2) is 0 Å². The predicted molar refractivity (Wildman–Crippen MR) is 102 cm³/mol. The summed E-state index contributed by atoms with van der Waals surface area (Å²) in [6.07, 6.45) is -0.711. The van der Waals surface area contributed by atoms with Crippen LogP contribution in [0.1, 0.15) is 29.8 Å². The van der Waals surface area contributed by atoms with Gasteiger partial charge < -0.3 is 10.1 Å². The Labute approximate surface area is 162 Å². The summed E-state index contributed by atoms with van der Waals surface area (Å²) in [5.41, 5.74) is 1.65. The molecule has 3 rings (SSSR count). The van der Waals surface area contributed by atoms with Crippen LogP contribution in [0, 0.1) is 0 Å². The molecule has 0 spiro atoms. The smallest absolute Gasteiger partial charge is 0.268 e. The molecule has 0 fully saturated rings. The summed E-state index contributed by atoms with van der Waals surface area (Å²) in [4.78, 5) is 38.0. The minimum absolute atomic E-state index is 0.132. The Morgan fingerprint density at radius 1 is 1.22 bits per heavy atom. The molecule has 0 saturated heterocycles. The van der Waals surface area contributed by atoms with Crippen LogP contribution >= 0.6 is 11.6 Å². The average Bonchev–Trinajstić information content (AvgIpc) is 2.64. The Bertz CT molecular complexity index is 913. The molecule has 0 radical (unpaired) electrons. The maximum Gasteiger partial charge on any atom is 0.268 e. The second-order valence-electron chi connectivity index (χ2n) is 6.29. The van der Waals surface area contributed by atoms with Crippen LogP contribution in [-0.4, -0.2) is 30.2 Å². The third kappa shape index (κ3) is 4.11. The third-order valence-electron chi connectivity index (χ3n) is 4.31. The molecule has 1 aliphatic heterocycles. The minimum Gasteiger partial charge on any atom is -0.479 e. The van der Waals surface area contributed by atoms with E-state index in [0.717, 1.165) is 5.56 Å². The summed E-state index contributed by atoms with van der Waals surface area (Å²) in [6.45, 7) is 3.15. The molecule has 6 nitrogen and oxygen atoms in total. The second kappa shape index (κ2) is 7.80. The number of fused-ring (bicyclic) bond motifs is 1. The van der Waals surface area contributed by atoms with Gasteiger partial charge in [0.2, 0.25) is 5.91 Å². The van der Waals surface area contributed by atoms with Gasteiger partial charge >= 0.3 is 0 Å². The number of rotatable bonds is 5. The highest BCUT2D eigenvalue weighted by Gasteiger charge is 2.33. The van der Waals surface area contributed by atoms with Gasteiger partial charge in [0.25, 0.3) is 5.91 Å². The van der Waals surface area contributed by atoms with Gasteiger partial charge in [-0.1, -0.05) is 29.8 Å². The van der Waals surface area contributed by atoms with Crippen LogP contribution in [0.15, 0.2) is 42.5 Å². The molecule has 1 N–H and O–H groups in total. The molecule has 2 aromatic carbocycles. The quantitative estimate of drug-likeness (QED) is 0.801. The zero-order valence-electron chi connectivity index (χ0n) is 15.0. The lowest BCUT2D eigenvalue weighted by atomic mass is 10.1. The third-order valence-corrected chi connectivity index (χ3v) is 4.68. The Kier molecular flexibility index (Phi) is 5.46. The number of hydrogen-bond acceptors (Lipinski definition) is 4. The van der Waals surface area contributed by atoms with Crippen molar-refractivity contribution in [1.29, 1.82) is 0 Å². The fourth-order valence-corrected chi connectivity index (χ4v) is 3.03. The molecule has 1 unspecified atom stereocenters. The molecule has 0 aliphatic carbocycles.